The van der Waals surface area contributed by atoms with Gasteiger partial charge in [0.25, 0.3) is 5.91 Å². The minimum absolute atomic E-state index is 0.141. The second-order valence-electron chi connectivity index (χ2n) is 4.49. The lowest BCUT2D eigenvalue weighted by Crippen LogP contribution is -2.35. The number of esters is 1. The molecule has 5 heteroatoms. The van der Waals surface area contributed by atoms with Crippen LogP contribution in [0.3, 0.4) is 0 Å². The summed E-state index contributed by atoms with van der Waals surface area (Å²) in [7, 11) is 0. The number of furan rings is 1. The normalized spacial score (nSPS) is 12.2. The molecule has 0 aliphatic rings. The van der Waals surface area contributed by atoms with Crippen molar-refractivity contribution < 1.29 is 18.7 Å². The Kier molecular flexibility index (Phi) is 4.08. The standard InChI is InChI=1S/C15H17NO4/c1-4-16-14(17)10(3)19-15(18)13-9(2)11-7-5-6-8-12(11)20-13/h5-8,10H,4H2,1-3H3,(H,16,17)/t10-/m0/s1. The smallest absolute Gasteiger partial charge is 0.375 e. The molecule has 0 unspecified atom stereocenters. The Labute approximate surface area is 116 Å². The number of fused-ring (bicyclic) bond motifs is 1. The molecule has 0 spiro atoms. The highest BCUT2D eigenvalue weighted by Gasteiger charge is 2.23. The van der Waals surface area contributed by atoms with Crippen LogP contribution in [0.25, 0.3) is 11.0 Å². The summed E-state index contributed by atoms with van der Waals surface area (Å²) in [6, 6.07) is 7.36. The molecule has 0 saturated heterocycles. The molecule has 1 amide bonds. The highest BCUT2D eigenvalue weighted by atomic mass is 16.6. The average molecular weight is 275 g/mol. The van der Waals surface area contributed by atoms with Crippen molar-refractivity contribution in [2.75, 3.05) is 6.54 Å². The van der Waals surface area contributed by atoms with Gasteiger partial charge in [-0.05, 0) is 26.8 Å². The second kappa shape index (κ2) is 5.77. The first-order valence-electron chi connectivity index (χ1n) is 6.51. The highest BCUT2D eigenvalue weighted by Crippen LogP contribution is 2.25. The molecule has 106 valence electrons. The summed E-state index contributed by atoms with van der Waals surface area (Å²) in [6.45, 7) is 5.61. The van der Waals surface area contributed by atoms with E-state index in [9.17, 15) is 9.59 Å². The van der Waals surface area contributed by atoms with E-state index in [2.05, 4.69) is 5.32 Å². The van der Waals surface area contributed by atoms with Gasteiger partial charge in [-0.1, -0.05) is 18.2 Å². The lowest BCUT2D eigenvalue weighted by molar-refractivity contribution is -0.129. The second-order valence-corrected chi connectivity index (χ2v) is 4.49. The van der Waals surface area contributed by atoms with Gasteiger partial charge in [-0.15, -0.1) is 0 Å². The number of rotatable bonds is 4. The summed E-state index contributed by atoms with van der Waals surface area (Å²) in [4.78, 5) is 23.6. The van der Waals surface area contributed by atoms with Crippen molar-refractivity contribution in [2.45, 2.75) is 26.9 Å². The Morgan fingerprint density at radius 3 is 2.70 bits per heavy atom. The number of benzene rings is 1. The fourth-order valence-electron chi connectivity index (χ4n) is 1.95. The van der Waals surface area contributed by atoms with Crippen molar-refractivity contribution in [3.05, 3.63) is 35.6 Å². The third-order valence-electron chi connectivity index (χ3n) is 3.03. The molecule has 0 radical (unpaired) electrons. The van der Waals surface area contributed by atoms with Crippen molar-refractivity contribution in [3.63, 3.8) is 0 Å². The molecule has 0 fully saturated rings. The Hall–Kier alpha value is -2.30. The zero-order valence-corrected chi connectivity index (χ0v) is 11.7. The molecule has 0 aliphatic heterocycles. The van der Waals surface area contributed by atoms with Crippen LogP contribution in [-0.2, 0) is 9.53 Å². The minimum atomic E-state index is -0.852. The molecule has 1 N–H and O–H groups in total. The van der Waals surface area contributed by atoms with Crippen LogP contribution in [0.15, 0.2) is 28.7 Å². The first-order chi connectivity index (χ1) is 9.54. The molecule has 0 aliphatic carbocycles. The number of ether oxygens (including phenoxy) is 1. The number of likely N-dealkylation sites (N-methyl/N-ethyl adjacent to an activating group) is 1. The number of carbonyl (C=O) groups excluding carboxylic acids is 2. The molecule has 2 rings (SSSR count). The number of carbonyl (C=O) groups is 2. The molecule has 1 aromatic carbocycles. The summed E-state index contributed by atoms with van der Waals surface area (Å²) in [6.07, 6.45) is -0.852. The van der Waals surface area contributed by atoms with Crippen molar-refractivity contribution in [1.29, 1.82) is 0 Å². The number of aryl methyl sites for hydroxylation is 1. The van der Waals surface area contributed by atoms with E-state index >= 15 is 0 Å². The first-order valence-corrected chi connectivity index (χ1v) is 6.51. The topological polar surface area (TPSA) is 68.5 Å². The molecule has 0 bridgehead atoms. The van der Waals surface area contributed by atoms with Gasteiger partial charge in [0.05, 0.1) is 0 Å². The zero-order valence-electron chi connectivity index (χ0n) is 11.7. The number of hydrogen-bond donors (Lipinski definition) is 1. The minimum Gasteiger partial charge on any atom is -0.449 e. The van der Waals surface area contributed by atoms with Crippen molar-refractivity contribution >= 4 is 22.8 Å². The largest absolute Gasteiger partial charge is 0.449 e. The highest BCUT2D eigenvalue weighted by molar-refractivity contribution is 5.97. The zero-order chi connectivity index (χ0) is 14.7. The van der Waals surface area contributed by atoms with E-state index in [1.807, 2.05) is 18.2 Å². The van der Waals surface area contributed by atoms with Crippen molar-refractivity contribution in [1.82, 2.24) is 5.32 Å². The van der Waals surface area contributed by atoms with Gasteiger partial charge >= 0.3 is 5.97 Å². The van der Waals surface area contributed by atoms with Gasteiger partial charge in [0.15, 0.2) is 6.10 Å². The maximum Gasteiger partial charge on any atom is 0.375 e. The fraction of sp³-hybridized carbons (Fsp3) is 0.333. The molecule has 20 heavy (non-hydrogen) atoms. The SMILES string of the molecule is CCNC(=O)[C@H](C)OC(=O)c1oc2ccccc2c1C. The van der Waals surface area contributed by atoms with E-state index < -0.39 is 12.1 Å². The van der Waals surface area contributed by atoms with Crippen LogP contribution < -0.4 is 5.32 Å². The summed E-state index contributed by atoms with van der Waals surface area (Å²) in [5, 5.41) is 3.46. The summed E-state index contributed by atoms with van der Waals surface area (Å²) >= 11 is 0. The van der Waals surface area contributed by atoms with E-state index in [0.29, 0.717) is 17.7 Å². The maximum atomic E-state index is 12.1. The number of nitrogens with one attached hydrogen (secondary N) is 1. The summed E-state index contributed by atoms with van der Waals surface area (Å²) in [5.41, 5.74) is 1.34. The van der Waals surface area contributed by atoms with Gasteiger partial charge in [0.1, 0.15) is 5.58 Å². The Morgan fingerprint density at radius 2 is 2.05 bits per heavy atom. The van der Waals surface area contributed by atoms with Crippen LogP contribution in [0.5, 0.6) is 0 Å². The number of amides is 1. The van der Waals surface area contributed by atoms with E-state index in [1.54, 1.807) is 19.9 Å². The van der Waals surface area contributed by atoms with Crippen LogP contribution in [0.2, 0.25) is 0 Å². The summed E-state index contributed by atoms with van der Waals surface area (Å²) in [5.74, 6) is -0.811. The molecule has 1 aromatic heterocycles. The number of para-hydroxylation sites is 1. The average Bonchev–Trinajstić information content (AvgIpc) is 2.77. The lowest BCUT2D eigenvalue weighted by atomic mass is 10.1. The van der Waals surface area contributed by atoms with Gasteiger partial charge in [-0.3, -0.25) is 4.79 Å². The molecule has 1 atom stereocenters. The molecular formula is C15H17NO4. The monoisotopic (exact) mass is 275 g/mol. The van der Waals surface area contributed by atoms with Crippen LogP contribution in [-0.4, -0.2) is 24.5 Å². The van der Waals surface area contributed by atoms with Gasteiger partial charge in [-0.25, -0.2) is 4.79 Å². The van der Waals surface area contributed by atoms with Crippen LogP contribution >= 0.6 is 0 Å². The predicted octanol–water partition coefficient (Wildman–Crippen LogP) is 2.42. The molecule has 0 saturated carbocycles. The van der Waals surface area contributed by atoms with E-state index in [0.717, 1.165) is 5.39 Å². The van der Waals surface area contributed by atoms with E-state index in [4.69, 9.17) is 9.15 Å². The fourth-order valence-corrected chi connectivity index (χ4v) is 1.95. The number of hydrogen-bond acceptors (Lipinski definition) is 4. The van der Waals surface area contributed by atoms with Crippen molar-refractivity contribution in [2.24, 2.45) is 0 Å². The van der Waals surface area contributed by atoms with Gasteiger partial charge in [-0.2, -0.15) is 0 Å². The Bertz CT molecular complexity index is 644. The van der Waals surface area contributed by atoms with Crippen LogP contribution in [0, 0.1) is 6.92 Å². The van der Waals surface area contributed by atoms with Gasteiger partial charge in [0, 0.05) is 17.5 Å². The van der Waals surface area contributed by atoms with Crippen LogP contribution in [0.1, 0.15) is 30.0 Å². The van der Waals surface area contributed by atoms with E-state index in [-0.39, 0.29) is 11.7 Å². The third-order valence-corrected chi connectivity index (χ3v) is 3.03. The van der Waals surface area contributed by atoms with Gasteiger partial charge < -0.3 is 14.5 Å². The predicted molar refractivity (Wildman–Crippen MR) is 74.5 cm³/mol. The first kappa shape index (κ1) is 14.1. The third kappa shape index (κ3) is 2.66. The van der Waals surface area contributed by atoms with Crippen LogP contribution in [0.4, 0.5) is 0 Å². The Balaban J connectivity index is 2.19. The molecule has 2 aromatic rings. The quantitative estimate of drug-likeness (QED) is 0.870. The van der Waals surface area contributed by atoms with Gasteiger partial charge in [0.2, 0.25) is 5.76 Å². The van der Waals surface area contributed by atoms with E-state index in [1.165, 1.54) is 6.92 Å². The maximum absolute atomic E-state index is 12.1. The lowest BCUT2D eigenvalue weighted by Gasteiger charge is -2.11. The molecular weight excluding hydrogens is 258 g/mol. The summed E-state index contributed by atoms with van der Waals surface area (Å²) < 4.78 is 10.6. The van der Waals surface area contributed by atoms with Crippen molar-refractivity contribution in [3.8, 4) is 0 Å². The Morgan fingerprint density at radius 1 is 1.35 bits per heavy atom. The molecule has 1 heterocycles. The molecule has 5 nitrogen and oxygen atoms in total.